The predicted molar refractivity (Wildman–Crippen MR) is 57.1 cm³/mol. The van der Waals surface area contributed by atoms with E-state index in [0.717, 1.165) is 0 Å². The number of aliphatic hydroxyl groups excluding tert-OH is 3. The summed E-state index contributed by atoms with van der Waals surface area (Å²) >= 11 is 0. The fourth-order valence-electron chi connectivity index (χ4n) is 1.78. The summed E-state index contributed by atoms with van der Waals surface area (Å²) in [7, 11) is 0. The van der Waals surface area contributed by atoms with Crippen molar-refractivity contribution in [2.45, 2.75) is 42.7 Å². The van der Waals surface area contributed by atoms with Crippen LogP contribution in [0.4, 0.5) is 0 Å². The highest BCUT2D eigenvalue weighted by atomic mass is 16.7. The standard InChI is InChI=1S/C9H18N2O7/c10-2-4(13)6(14)7-5(11)3(12)1-9(17,18-7)8(15)16/h3-7,12-14,17H,1-2,10-11H2,(H,15,16)/t3?,4-,5-,6-,7?,9?/m1/s1. The zero-order valence-corrected chi connectivity index (χ0v) is 9.51. The number of hydrogen-bond acceptors (Lipinski definition) is 8. The van der Waals surface area contributed by atoms with Gasteiger partial charge >= 0.3 is 5.97 Å². The van der Waals surface area contributed by atoms with E-state index in [1.165, 1.54) is 0 Å². The molecule has 0 aliphatic carbocycles. The van der Waals surface area contributed by atoms with E-state index in [-0.39, 0.29) is 6.54 Å². The zero-order chi connectivity index (χ0) is 14.1. The molecule has 0 aromatic rings. The molecule has 0 saturated carbocycles. The van der Waals surface area contributed by atoms with Gasteiger partial charge in [-0.25, -0.2) is 4.79 Å². The molecule has 0 spiro atoms. The van der Waals surface area contributed by atoms with E-state index >= 15 is 0 Å². The SMILES string of the molecule is NC[C@@H](O)[C@@H](O)C1OC(O)(C(=O)O)CC(O)[C@H]1N. The molecule has 0 amide bonds. The van der Waals surface area contributed by atoms with Crippen LogP contribution in [0.5, 0.6) is 0 Å². The van der Waals surface area contributed by atoms with Crippen molar-refractivity contribution in [1.29, 1.82) is 0 Å². The second kappa shape index (κ2) is 5.45. The van der Waals surface area contributed by atoms with E-state index in [1.54, 1.807) is 0 Å². The molecule has 3 unspecified atom stereocenters. The Bertz CT molecular complexity index is 315. The highest BCUT2D eigenvalue weighted by Crippen LogP contribution is 2.29. The lowest BCUT2D eigenvalue weighted by Gasteiger charge is -2.43. The normalized spacial score (nSPS) is 40.2. The van der Waals surface area contributed by atoms with E-state index in [1.807, 2.05) is 0 Å². The first-order chi connectivity index (χ1) is 8.23. The fourth-order valence-corrected chi connectivity index (χ4v) is 1.78. The third-order valence-corrected chi connectivity index (χ3v) is 2.95. The Kier molecular flexibility index (Phi) is 4.61. The van der Waals surface area contributed by atoms with Crippen LogP contribution >= 0.6 is 0 Å². The molecule has 1 aliphatic rings. The molecule has 0 radical (unpaired) electrons. The smallest absolute Gasteiger partial charge is 0.364 e. The van der Waals surface area contributed by atoms with E-state index in [9.17, 15) is 25.2 Å². The minimum absolute atomic E-state index is 0.310. The molecular weight excluding hydrogens is 248 g/mol. The number of carboxylic acid groups (broad SMARTS) is 1. The maximum Gasteiger partial charge on any atom is 0.364 e. The Labute approximate surface area is 103 Å². The van der Waals surface area contributed by atoms with Gasteiger partial charge in [-0.3, -0.25) is 0 Å². The van der Waals surface area contributed by atoms with Crippen molar-refractivity contribution in [3.8, 4) is 0 Å². The minimum atomic E-state index is -2.66. The van der Waals surface area contributed by atoms with Crippen molar-refractivity contribution < 1.29 is 35.1 Å². The Morgan fingerprint density at radius 2 is 2.06 bits per heavy atom. The largest absolute Gasteiger partial charge is 0.477 e. The Balaban J connectivity index is 2.92. The summed E-state index contributed by atoms with van der Waals surface area (Å²) in [6.07, 6.45) is -6.51. The average molecular weight is 266 g/mol. The summed E-state index contributed by atoms with van der Waals surface area (Å²) in [6, 6.07) is -1.15. The number of aliphatic carboxylic acids is 1. The summed E-state index contributed by atoms with van der Waals surface area (Å²) in [4.78, 5) is 10.8. The molecule has 0 bridgehead atoms. The molecule has 1 rings (SSSR count). The van der Waals surface area contributed by atoms with Gasteiger partial charge in [0.15, 0.2) is 0 Å². The van der Waals surface area contributed by atoms with Crippen molar-refractivity contribution in [2.75, 3.05) is 6.54 Å². The maximum absolute atomic E-state index is 10.8. The number of aliphatic hydroxyl groups is 4. The number of ether oxygens (including phenoxy) is 1. The van der Waals surface area contributed by atoms with Gasteiger partial charge in [-0.05, 0) is 0 Å². The number of carboxylic acids is 1. The second-order valence-electron chi connectivity index (χ2n) is 4.31. The highest BCUT2D eigenvalue weighted by Gasteiger charge is 2.52. The molecule has 6 atom stereocenters. The van der Waals surface area contributed by atoms with Crippen LogP contribution in [0, 0.1) is 0 Å². The first-order valence-electron chi connectivity index (χ1n) is 5.36. The van der Waals surface area contributed by atoms with Gasteiger partial charge in [-0.2, -0.15) is 0 Å². The number of hydrogen-bond donors (Lipinski definition) is 7. The van der Waals surface area contributed by atoms with Crippen LogP contribution in [0.1, 0.15) is 6.42 Å². The second-order valence-corrected chi connectivity index (χ2v) is 4.31. The van der Waals surface area contributed by atoms with Crippen molar-refractivity contribution in [1.82, 2.24) is 0 Å². The molecule has 0 aromatic carbocycles. The summed E-state index contributed by atoms with van der Waals surface area (Å²) in [5, 5.41) is 47.1. The van der Waals surface area contributed by atoms with Gasteiger partial charge in [0.1, 0.15) is 12.2 Å². The zero-order valence-electron chi connectivity index (χ0n) is 9.51. The molecular formula is C9H18N2O7. The molecule has 1 heterocycles. The van der Waals surface area contributed by atoms with Crippen LogP contribution in [0.15, 0.2) is 0 Å². The van der Waals surface area contributed by atoms with E-state index in [4.69, 9.17) is 21.3 Å². The first kappa shape index (κ1) is 15.2. The number of nitrogens with two attached hydrogens (primary N) is 2. The third-order valence-electron chi connectivity index (χ3n) is 2.95. The molecule has 1 aliphatic heterocycles. The Morgan fingerprint density at radius 1 is 1.50 bits per heavy atom. The minimum Gasteiger partial charge on any atom is -0.477 e. The van der Waals surface area contributed by atoms with Gasteiger partial charge in [0, 0.05) is 13.0 Å². The molecule has 1 fully saturated rings. The van der Waals surface area contributed by atoms with Crippen LogP contribution in [0.2, 0.25) is 0 Å². The Hall–Kier alpha value is -0.810. The molecule has 9 nitrogen and oxygen atoms in total. The van der Waals surface area contributed by atoms with E-state index in [2.05, 4.69) is 0 Å². The summed E-state index contributed by atoms with van der Waals surface area (Å²) in [5.41, 5.74) is 10.7. The number of rotatable bonds is 4. The first-order valence-corrected chi connectivity index (χ1v) is 5.36. The van der Waals surface area contributed by atoms with Crippen LogP contribution in [-0.4, -0.2) is 74.3 Å². The van der Waals surface area contributed by atoms with Gasteiger partial charge in [0.05, 0.1) is 18.2 Å². The maximum atomic E-state index is 10.8. The van der Waals surface area contributed by atoms with Gasteiger partial charge in [0.25, 0.3) is 5.79 Å². The van der Waals surface area contributed by atoms with Crippen LogP contribution in [0.3, 0.4) is 0 Å². The van der Waals surface area contributed by atoms with E-state index in [0.29, 0.717) is 0 Å². The van der Waals surface area contributed by atoms with Gasteiger partial charge in [-0.1, -0.05) is 0 Å². The quantitative estimate of drug-likeness (QED) is 0.266. The average Bonchev–Trinajstić information content (AvgIpc) is 2.31. The van der Waals surface area contributed by atoms with Crippen LogP contribution in [-0.2, 0) is 9.53 Å². The highest BCUT2D eigenvalue weighted by molar-refractivity contribution is 5.75. The van der Waals surface area contributed by atoms with Gasteiger partial charge in [-0.15, -0.1) is 0 Å². The molecule has 1 saturated heterocycles. The van der Waals surface area contributed by atoms with Crippen LogP contribution < -0.4 is 11.5 Å². The molecule has 106 valence electrons. The lowest BCUT2D eigenvalue weighted by atomic mass is 9.89. The van der Waals surface area contributed by atoms with Crippen molar-refractivity contribution in [3.05, 3.63) is 0 Å². The monoisotopic (exact) mass is 266 g/mol. The lowest BCUT2D eigenvalue weighted by molar-refractivity contribution is -0.291. The van der Waals surface area contributed by atoms with Crippen LogP contribution in [0.25, 0.3) is 0 Å². The van der Waals surface area contributed by atoms with E-state index < -0.39 is 48.6 Å². The summed E-state index contributed by atoms with van der Waals surface area (Å²) in [5.74, 6) is -4.37. The van der Waals surface area contributed by atoms with Crippen molar-refractivity contribution in [3.63, 3.8) is 0 Å². The molecule has 0 aromatic heterocycles. The molecule has 9 heteroatoms. The lowest BCUT2D eigenvalue weighted by Crippen LogP contribution is -2.65. The summed E-state index contributed by atoms with van der Waals surface area (Å²) in [6.45, 7) is -0.310. The number of carbonyl (C=O) groups is 1. The van der Waals surface area contributed by atoms with Gasteiger partial charge in [0.2, 0.25) is 0 Å². The fraction of sp³-hybridized carbons (Fsp3) is 0.889. The topological polar surface area (TPSA) is 179 Å². The van der Waals surface area contributed by atoms with Crippen molar-refractivity contribution in [2.24, 2.45) is 11.5 Å². The Morgan fingerprint density at radius 3 is 2.50 bits per heavy atom. The predicted octanol–water partition coefficient (Wildman–Crippen LogP) is -4.08. The third kappa shape index (κ3) is 2.78. The summed E-state index contributed by atoms with van der Waals surface area (Å²) < 4.78 is 4.81. The molecule has 18 heavy (non-hydrogen) atoms. The van der Waals surface area contributed by atoms with Crippen molar-refractivity contribution >= 4 is 5.97 Å². The molecule has 9 N–H and O–H groups in total. The van der Waals surface area contributed by atoms with Gasteiger partial charge < -0.3 is 41.7 Å².